The monoisotopic (exact) mass is 365 g/mol. The normalized spacial score (nSPS) is 15.1. The van der Waals surface area contributed by atoms with E-state index in [2.05, 4.69) is 25.6 Å². The number of hydrogen-bond acceptors (Lipinski definition) is 7. The Bertz CT molecular complexity index is 880. The predicted molar refractivity (Wildman–Crippen MR) is 108 cm³/mol. The van der Waals surface area contributed by atoms with Gasteiger partial charge in [0.15, 0.2) is 5.65 Å². The topological polar surface area (TPSA) is 79.6 Å². The van der Waals surface area contributed by atoms with Crippen molar-refractivity contribution in [2.75, 3.05) is 50.0 Å². The molecule has 0 radical (unpaired) electrons. The summed E-state index contributed by atoms with van der Waals surface area (Å²) in [7, 11) is 2.03. The summed E-state index contributed by atoms with van der Waals surface area (Å²) in [5, 5.41) is 11.4. The van der Waals surface area contributed by atoms with E-state index in [0.29, 0.717) is 6.54 Å². The van der Waals surface area contributed by atoms with Gasteiger partial charge in [0.2, 0.25) is 0 Å². The van der Waals surface area contributed by atoms with Gasteiger partial charge in [-0.15, -0.1) is 0 Å². The standard InChI is InChI=1S/C18H24BN7O/c19-15-13-23-26-17(22-12-14-2-1-3-20-11-14)10-16(24-18(15)26)21-4-5-25-6-8-27-9-7-25/h1-3,10-11,13,22H,4-9,12,19H2,(H,21,24). The Hall–Kier alpha value is -2.65. The summed E-state index contributed by atoms with van der Waals surface area (Å²) in [6, 6.07) is 6.00. The Morgan fingerprint density at radius 2 is 2.07 bits per heavy atom. The fraction of sp³-hybridized carbons (Fsp3) is 0.389. The van der Waals surface area contributed by atoms with Crippen molar-refractivity contribution >= 4 is 30.6 Å². The number of pyridine rings is 1. The summed E-state index contributed by atoms with van der Waals surface area (Å²) in [4.78, 5) is 11.3. The van der Waals surface area contributed by atoms with Crippen LogP contribution in [0.3, 0.4) is 0 Å². The van der Waals surface area contributed by atoms with Crippen LogP contribution in [0.1, 0.15) is 5.56 Å². The summed E-state index contributed by atoms with van der Waals surface area (Å²) in [6.45, 7) is 6.13. The van der Waals surface area contributed by atoms with Crippen LogP contribution in [0.4, 0.5) is 11.6 Å². The average molecular weight is 365 g/mol. The van der Waals surface area contributed by atoms with Crippen LogP contribution in [-0.4, -0.2) is 71.7 Å². The summed E-state index contributed by atoms with van der Waals surface area (Å²) < 4.78 is 7.25. The van der Waals surface area contributed by atoms with Gasteiger partial charge in [-0.3, -0.25) is 9.88 Å². The van der Waals surface area contributed by atoms with Crippen molar-refractivity contribution in [1.29, 1.82) is 0 Å². The second kappa shape index (κ2) is 8.36. The molecule has 0 aliphatic carbocycles. The smallest absolute Gasteiger partial charge is 0.153 e. The van der Waals surface area contributed by atoms with Crippen LogP contribution in [0.5, 0.6) is 0 Å². The molecule has 9 heteroatoms. The first kappa shape index (κ1) is 17.8. The molecular weight excluding hydrogens is 341 g/mol. The zero-order valence-corrected chi connectivity index (χ0v) is 15.6. The fourth-order valence-electron chi connectivity index (χ4n) is 3.15. The molecule has 0 aromatic carbocycles. The third kappa shape index (κ3) is 4.37. The molecule has 1 aliphatic rings. The molecule has 3 aromatic heterocycles. The third-order valence-corrected chi connectivity index (χ3v) is 4.68. The summed E-state index contributed by atoms with van der Waals surface area (Å²) in [5.41, 5.74) is 3.03. The molecule has 0 bridgehead atoms. The van der Waals surface area contributed by atoms with Crippen LogP contribution in [0.2, 0.25) is 0 Å². The highest BCUT2D eigenvalue weighted by molar-refractivity contribution is 6.36. The Kier molecular flexibility index (Phi) is 5.50. The zero-order valence-electron chi connectivity index (χ0n) is 15.6. The maximum absolute atomic E-state index is 5.40. The minimum absolute atomic E-state index is 0.680. The van der Waals surface area contributed by atoms with Crippen LogP contribution in [0.15, 0.2) is 36.8 Å². The molecule has 140 valence electrons. The molecule has 2 N–H and O–H groups in total. The number of fused-ring (bicyclic) bond motifs is 1. The minimum atomic E-state index is 0.680. The molecule has 4 rings (SSSR count). The quantitative estimate of drug-likeness (QED) is 0.559. The van der Waals surface area contributed by atoms with E-state index in [4.69, 9.17) is 9.72 Å². The Morgan fingerprint density at radius 3 is 2.89 bits per heavy atom. The predicted octanol–water partition coefficient (Wildman–Crippen LogP) is -0.261. The van der Waals surface area contributed by atoms with Crippen molar-refractivity contribution in [1.82, 2.24) is 24.5 Å². The van der Waals surface area contributed by atoms with E-state index in [1.165, 1.54) is 0 Å². The number of rotatable bonds is 7. The Morgan fingerprint density at radius 1 is 1.19 bits per heavy atom. The molecule has 1 saturated heterocycles. The molecule has 1 fully saturated rings. The second-order valence-corrected chi connectivity index (χ2v) is 6.69. The highest BCUT2D eigenvalue weighted by Crippen LogP contribution is 2.15. The van der Waals surface area contributed by atoms with E-state index >= 15 is 0 Å². The number of anilines is 2. The minimum Gasteiger partial charge on any atom is -0.379 e. The van der Waals surface area contributed by atoms with E-state index in [0.717, 1.165) is 67.7 Å². The van der Waals surface area contributed by atoms with Crippen molar-refractivity contribution in [2.24, 2.45) is 0 Å². The fourth-order valence-corrected chi connectivity index (χ4v) is 3.15. The number of nitrogens with one attached hydrogen (secondary N) is 2. The van der Waals surface area contributed by atoms with Crippen molar-refractivity contribution in [3.8, 4) is 0 Å². The van der Waals surface area contributed by atoms with Gasteiger partial charge in [0.1, 0.15) is 19.5 Å². The van der Waals surface area contributed by atoms with Gasteiger partial charge in [-0.05, 0) is 17.1 Å². The van der Waals surface area contributed by atoms with Gasteiger partial charge in [-0.2, -0.15) is 9.61 Å². The number of nitrogens with zero attached hydrogens (tertiary/aromatic N) is 5. The lowest BCUT2D eigenvalue weighted by atomic mass is 10.0. The van der Waals surface area contributed by atoms with Crippen molar-refractivity contribution in [3.63, 3.8) is 0 Å². The number of hydrogen-bond donors (Lipinski definition) is 2. The van der Waals surface area contributed by atoms with Gasteiger partial charge in [0, 0.05) is 57.4 Å². The number of morpholine rings is 1. The van der Waals surface area contributed by atoms with Crippen LogP contribution < -0.4 is 16.1 Å². The van der Waals surface area contributed by atoms with Gasteiger partial charge in [-0.1, -0.05) is 6.07 Å². The summed E-state index contributed by atoms with van der Waals surface area (Å²) in [5.74, 6) is 1.76. The van der Waals surface area contributed by atoms with Gasteiger partial charge in [0.05, 0.1) is 13.2 Å². The van der Waals surface area contributed by atoms with Crippen LogP contribution in [0.25, 0.3) is 5.65 Å². The third-order valence-electron chi connectivity index (χ3n) is 4.68. The second-order valence-electron chi connectivity index (χ2n) is 6.69. The highest BCUT2D eigenvalue weighted by Gasteiger charge is 2.11. The lowest BCUT2D eigenvalue weighted by Gasteiger charge is -2.26. The summed E-state index contributed by atoms with van der Waals surface area (Å²) >= 11 is 0. The lowest BCUT2D eigenvalue weighted by molar-refractivity contribution is 0.0398. The van der Waals surface area contributed by atoms with E-state index < -0.39 is 0 Å². The molecule has 8 nitrogen and oxygen atoms in total. The van der Waals surface area contributed by atoms with Gasteiger partial charge < -0.3 is 15.4 Å². The van der Waals surface area contributed by atoms with Crippen LogP contribution >= 0.6 is 0 Å². The van der Waals surface area contributed by atoms with Gasteiger partial charge in [-0.25, -0.2) is 4.98 Å². The maximum atomic E-state index is 5.40. The van der Waals surface area contributed by atoms with E-state index in [-0.39, 0.29) is 0 Å². The Labute approximate surface area is 159 Å². The molecule has 0 amide bonds. The first-order valence-electron chi connectivity index (χ1n) is 9.32. The molecule has 0 atom stereocenters. The van der Waals surface area contributed by atoms with Crippen LogP contribution in [0, 0.1) is 0 Å². The van der Waals surface area contributed by atoms with E-state index in [1.54, 1.807) is 6.20 Å². The van der Waals surface area contributed by atoms with Gasteiger partial charge in [0.25, 0.3) is 0 Å². The lowest BCUT2D eigenvalue weighted by Crippen LogP contribution is -2.39. The number of ether oxygens (including phenoxy) is 1. The zero-order chi connectivity index (χ0) is 18.5. The van der Waals surface area contributed by atoms with Crippen LogP contribution in [-0.2, 0) is 11.3 Å². The van der Waals surface area contributed by atoms with Crippen molar-refractivity contribution < 1.29 is 4.74 Å². The first-order chi connectivity index (χ1) is 13.3. The average Bonchev–Trinajstić information content (AvgIpc) is 3.09. The SMILES string of the molecule is Bc1cnn2c(NCc3cccnc3)cc(NCCN3CCOCC3)nc12. The molecule has 4 heterocycles. The molecule has 3 aromatic rings. The molecular formula is C18H24BN7O. The molecule has 0 spiro atoms. The molecule has 27 heavy (non-hydrogen) atoms. The van der Waals surface area contributed by atoms with Gasteiger partial charge >= 0.3 is 0 Å². The van der Waals surface area contributed by atoms with E-state index in [1.807, 2.05) is 43.0 Å². The largest absolute Gasteiger partial charge is 0.379 e. The molecule has 1 aliphatic heterocycles. The van der Waals surface area contributed by atoms with Crippen molar-refractivity contribution in [3.05, 3.63) is 42.4 Å². The highest BCUT2D eigenvalue weighted by atomic mass is 16.5. The first-order valence-corrected chi connectivity index (χ1v) is 9.32. The maximum Gasteiger partial charge on any atom is 0.153 e. The number of aromatic nitrogens is 4. The molecule has 0 unspecified atom stereocenters. The van der Waals surface area contributed by atoms with Crippen molar-refractivity contribution in [2.45, 2.75) is 6.54 Å². The summed E-state index contributed by atoms with van der Waals surface area (Å²) in [6.07, 6.45) is 5.48. The Balaban J connectivity index is 1.46. The van der Waals surface area contributed by atoms with E-state index in [9.17, 15) is 0 Å². The molecule has 0 saturated carbocycles.